The summed E-state index contributed by atoms with van der Waals surface area (Å²) < 4.78 is 0. The normalized spacial score (nSPS) is 16.1. The van der Waals surface area contributed by atoms with Gasteiger partial charge < -0.3 is 4.90 Å². The Morgan fingerprint density at radius 3 is 2.36 bits per heavy atom. The highest BCUT2D eigenvalue weighted by molar-refractivity contribution is 5.75. The average molecular weight is 189 g/mol. The van der Waals surface area contributed by atoms with Gasteiger partial charge in [0, 0.05) is 24.3 Å². The van der Waals surface area contributed by atoms with Gasteiger partial charge in [-0.3, -0.25) is 4.79 Å². The van der Waals surface area contributed by atoms with Gasteiger partial charge in [-0.25, -0.2) is 0 Å². The third-order valence-corrected chi connectivity index (χ3v) is 3.06. The minimum Gasteiger partial charge on any atom is -0.372 e. The van der Waals surface area contributed by atoms with E-state index in [1.54, 1.807) is 0 Å². The van der Waals surface area contributed by atoms with E-state index in [0.717, 1.165) is 11.8 Å². The Labute approximate surface area is 84.5 Å². The second-order valence-corrected chi connectivity index (χ2v) is 3.91. The summed E-state index contributed by atoms with van der Waals surface area (Å²) in [5.41, 5.74) is 1.95. The lowest BCUT2D eigenvalue weighted by molar-refractivity contribution is 0.112. The smallest absolute Gasteiger partial charge is 0.150 e. The fraction of sp³-hybridized carbons (Fsp3) is 0.417. The maximum absolute atomic E-state index is 10.5. The van der Waals surface area contributed by atoms with E-state index < -0.39 is 0 Å². The Kier molecular flexibility index (Phi) is 2.53. The number of anilines is 1. The van der Waals surface area contributed by atoms with Crippen molar-refractivity contribution in [1.29, 1.82) is 0 Å². The van der Waals surface area contributed by atoms with E-state index in [1.165, 1.54) is 24.9 Å². The summed E-state index contributed by atoms with van der Waals surface area (Å²) in [6.45, 7) is 0. The van der Waals surface area contributed by atoms with Crippen molar-refractivity contribution in [2.45, 2.75) is 25.3 Å². The van der Waals surface area contributed by atoms with Gasteiger partial charge in [0.05, 0.1) is 0 Å². The Bertz CT molecular complexity index is 314. The van der Waals surface area contributed by atoms with Crippen molar-refractivity contribution in [3.63, 3.8) is 0 Å². The minimum atomic E-state index is 0.706. The van der Waals surface area contributed by atoms with E-state index in [2.05, 4.69) is 11.9 Å². The van der Waals surface area contributed by atoms with E-state index in [4.69, 9.17) is 0 Å². The predicted octanol–water partition coefficient (Wildman–Crippen LogP) is 2.49. The lowest BCUT2D eigenvalue weighted by Gasteiger charge is -2.36. The molecule has 1 aromatic carbocycles. The number of rotatable bonds is 3. The van der Waals surface area contributed by atoms with Crippen molar-refractivity contribution in [2.24, 2.45) is 0 Å². The molecule has 1 fully saturated rings. The highest BCUT2D eigenvalue weighted by Crippen LogP contribution is 2.27. The molecule has 1 aromatic rings. The van der Waals surface area contributed by atoms with Crippen molar-refractivity contribution in [3.8, 4) is 0 Å². The molecule has 2 nitrogen and oxygen atoms in total. The Morgan fingerprint density at radius 1 is 1.29 bits per heavy atom. The molecule has 74 valence electrons. The molecule has 1 saturated carbocycles. The molecule has 0 atom stereocenters. The summed E-state index contributed by atoms with van der Waals surface area (Å²) in [6, 6.07) is 8.48. The molecular weight excluding hydrogens is 174 g/mol. The quantitative estimate of drug-likeness (QED) is 0.681. The molecule has 0 spiro atoms. The van der Waals surface area contributed by atoms with Crippen LogP contribution >= 0.6 is 0 Å². The first-order valence-electron chi connectivity index (χ1n) is 5.09. The van der Waals surface area contributed by atoms with Gasteiger partial charge in [-0.05, 0) is 43.5 Å². The number of nitrogens with zero attached hydrogens (tertiary/aromatic N) is 1. The van der Waals surface area contributed by atoms with Gasteiger partial charge >= 0.3 is 0 Å². The Morgan fingerprint density at radius 2 is 1.93 bits per heavy atom. The zero-order valence-corrected chi connectivity index (χ0v) is 8.44. The molecule has 0 aliphatic heterocycles. The summed E-state index contributed by atoms with van der Waals surface area (Å²) in [5.74, 6) is 0. The largest absolute Gasteiger partial charge is 0.372 e. The van der Waals surface area contributed by atoms with Crippen molar-refractivity contribution in [3.05, 3.63) is 29.8 Å². The second-order valence-electron chi connectivity index (χ2n) is 3.91. The summed E-state index contributed by atoms with van der Waals surface area (Å²) in [4.78, 5) is 12.8. The van der Waals surface area contributed by atoms with Crippen LogP contribution in [0.2, 0.25) is 0 Å². The van der Waals surface area contributed by atoms with Crippen LogP contribution in [0.4, 0.5) is 5.69 Å². The van der Waals surface area contributed by atoms with Crippen LogP contribution in [0, 0.1) is 0 Å². The van der Waals surface area contributed by atoms with Crippen LogP contribution in [0.15, 0.2) is 24.3 Å². The molecule has 2 heteroatoms. The van der Waals surface area contributed by atoms with Gasteiger partial charge in [-0.1, -0.05) is 0 Å². The first kappa shape index (κ1) is 9.25. The van der Waals surface area contributed by atoms with Crippen LogP contribution in [-0.2, 0) is 0 Å². The molecule has 0 bridgehead atoms. The summed E-state index contributed by atoms with van der Waals surface area (Å²) in [5, 5.41) is 0. The number of benzene rings is 1. The van der Waals surface area contributed by atoms with Crippen LogP contribution in [-0.4, -0.2) is 19.4 Å². The molecule has 1 aliphatic carbocycles. The Balaban J connectivity index is 2.11. The highest BCUT2D eigenvalue weighted by atomic mass is 16.1. The molecule has 0 aromatic heterocycles. The molecule has 2 rings (SSSR count). The van der Waals surface area contributed by atoms with Gasteiger partial charge in [0.25, 0.3) is 0 Å². The zero-order valence-electron chi connectivity index (χ0n) is 8.44. The number of hydrogen-bond acceptors (Lipinski definition) is 2. The lowest BCUT2D eigenvalue weighted by atomic mass is 9.91. The van der Waals surface area contributed by atoms with E-state index in [1.807, 2.05) is 24.3 Å². The minimum absolute atomic E-state index is 0.706. The zero-order chi connectivity index (χ0) is 9.97. The maximum Gasteiger partial charge on any atom is 0.150 e. The topological polar surface area (TPSA) is 20.3 Å². The van der Waals surface area contributed by atoms with Crippen molar-refractivity contribution < 1.29 is 4.79 Å². The van der Waals surface area contributed by atoms with Gasteiger partial charge in [0.2, 0.25) is 0 Å². The summed E-state index contributed by atoms with van der Waals surface area (Å²) >= 11 is 0. The van der Waals surface area contributed by atoms with E-state index in [-0.39, 0.29) is 0 Å². The average Bonchev–Trinajstić information content (AvgIpc) is 2.15. The van der Waals surface area contributed by atoms with Gasteiger partial charge in [0.1, 0.15) is 6.29 Å². The second kappa shape index (κ2) is 3.82. The summed E-state index contributed by atoms with van der Waals surface area (Å²) in [7, 11) is 2.12. The molecule has 0 radical (unpaired) electrons. The van der Waals surface area contributed by atoms with E-state index >= 15 is 0 Å². The van der Waals surface area contributed by atoms with Crippen molar-refractivity contribution in [2.75, 3.05) is 11.9 Å². The van der Waals surface area contributed by atoms with Crippen LogP contribution in [0.25, 0.3) is 0 Å². The monoisotopic (exact) mass is 189 g/mol. The van der Waals surface area contributed by atoms with Crippen LogP contribution in [0.1, 0.15) is 29.6 Å². The Hall–Kier alpha value is -1.31. The van der Waals surface area contributed by atoms with Crippen molar-refractivity contribution in [1.82, 2.24) is 0 Å². The standard InChI is InChI=1S/C12H15NO/c1-13(11-3-2-4-11)12-7-5-10(9-14)6-8-12/h5-9,11H,2-4H2,1H3. The van der Waals surface area contributed by atoms with E-state index in [0.29, 0.717) is 6.04 Å². The molecule has 14 heavy (non-hydrogen) atoms. The molecule has 0 amide bonds. The number of hydrogen-bond donors (Lipinski definition) is 0. The molecule has 0 saturated heterocycles. The number of aldehydes is 1. The molecule has 0 heterocycles. The SMILES string of the molecule is CN(c1ccc(C=O)cc1)C1CCC1. The third-order valence-electron chi connectivity index (χ3n) is 3.06. The van der Waals surface area contributed by atoms with Crippen molar-refractivity contribution >= 4 is 12.0 Å². The van der Waals surface area contributed by atoms with Gasteiger partial charge in [0.15, 0.2) is 0 Å². The van der Waals surface area contributed by atoms with Crippen LogP contribution in [0.5, 0.6) is 0 Å². The number of carbonyl (C=O) groups is 1. The number of carbonyl (C=O) groups excluding carboxylic acids is 1. The van der Waals surface area contributed by atoms with Gasteiger partial charge in [-0.15, -0.1) is 0 Å². The molecule has 0 N–H and O–H groups in total. The fourth-order valence-corrected chi connectivity index (χ4v) is 1.77. The molecule has 1 aliphatic rings. The fourth-order valence-electron chi connectivity index (χ4n) is 1.77. The molecular formula is C12H15NO. The van der Waals surface area contributed by atoms with E-state index in [9.17, 15) is 4.79 Å². The first-order valence-corrected chi connectivity index (χ1v) is 5.09. The molecule has 0 unspecified atom stereocenters. The van der Waals surface area contributed by atoms with Crippen LogP contribution < -0.4 is 4.90 Å². The van der Waals surface area contributed by atoms with Crippen LogP contribution in [0.3, 0.4) is 0 Å². The predicted molar refractivity (Wildman–Crippen MR) is 57.9 cm³/mol. The van der Waals surface area contributed by atoms with Gasteiger partial charge in [-0.2, -0.15) is 0 Å². The first-order chi connectivity index (χ1) is 6.81. The highest BCUT2D eigenvalue weighted by Gasteiger charge is 2.21. The lowest BCUT2D eigenvalue weighted by Crippen LogP contribution is -2.37. The third kappa shape index (κ3) is 1.65. The maximum atomic E-state index is 10.5. The summed E-state index contributed by atoms with van der Waals surface area (Å²) in [6.07, 6.45) is 4.83.